The van der Waals surface area contributed by atoms with Crippen LogP contribution in [0, 0.1) is 11.8 Å². The normalized spacial score (nSPS) is 24.5. The molecule has 6 heteroatoms. The Morgan fingerprint density at radius 2 is 1.87 bits per heavy atom. The summed E-state index contributed by atoms with van der Waals surface area (Å²) in [4.78, 5) is 9.63. The number of hydrogen-bond donors (Lipinski definition) is 1. The maximum absolute atomic E-state index is 5.12. The molecule has 2 fully saturated rings. The van der Waals surface area contributed by atoms with Crippen LogP contribution in [0.4, 0.5) is 0 Å². The van der Waals surface area contributed by atoms with Gasteiger partial charge in [-0.25, -0.2) is 0 Å². The molecule has 0 spiro atoms. The van der Waals surface area contributed by atoms with Crippen molar-refractivity contribution in [3.8, 4) is 0 Å². The molecule has 2 unspecified atom stereocenters. The molecular formula is C17H35IN4O. The molecule has 0 radical (unpaired) electrons. The van der Waals surface area contributed by atoms with Crippen LogP contribution >= 0.6 is 24.0 Å². The standard InChI is InChI=1S/C17H34N4O.HI/c1-4-18-17(19-9-10-20(2)11-12-22-3)21-13-15-7-5-6-8-16(15)14-21;/h15-16H,4-14H2,1-3H3,(H,18,19);1H. The highest BCUT2D eigenvalue weighted by molar-refractivity contribution is 14.0. The minimum Gasteiger partial charge on any atom is -0.383 e. The molecule has 23 heavy (non-hydrogen) atoms. The van der Waals surface area contributed by atoms with Crippen molar-refractivity contribution in [2.45, 2.75) is 32.6 Å². The number of ether oxygens (including phenoxy) is 1. The van der Waals surface area contributed by atoms with Crippen molar-refractivity contribution in [1.29, 1.82) is 0 Å². The molecule has 136 valence electrons. The lowest BCUT2D eigenvalue weighted by Gasteiger charge is -2.22. The molecule has 0 bridgehead atoms. The van der Waals surface area contributed by atoms with Crippen LogP contribution in [0.5, 0.6) is 0 Å². The number of nitrogens with one attached hydrogen (secondary N) is 1. The Morgan fingerprint density at radius 3 is 2.43 bits per heavy atom. The molecular weight excluding hydrogens is 403 g/mol. The Bertz CT molecular complexity index is 339. The number of aliphatic imine (C=N–C) groups is 1. The van der Waals surface area contributed by atoms with Gasteiger partial charge in [-0.2, -0.15) is 0 Å². The first-order valence-corrected chi connectivity index (χ1v) is 8.95. The van der Waals surface area contributed by atoms with Crippen LogP contribution in [0.15, 0.2) is 4.99 Å². The average Bonchev–Trinajstić information content (AvgIpc) is 2.96. The summed E-state index contributed by atoms with van der Waals surface area (Å²) in [5.41, 5.74) is 0. The van der Waals surface area contributed by atoms with Crippen LogP contribution in [-0.4, -0.2) is 75.8 Å². The summed E-state index contributed by atoms with van der Waals surface area (Å²) >= 11 is 0. The van der Waals surface area contributed by atoms with Gasteiger partial charge in [-0.05, 0) is 38.6 Å². The monoisotopic (exact) mass is 438 g/mol. The van der Waals surface area contributed by atoms with E-state index in [-0.39, 0.29) is 24.0 Å². The van der Waals surface area contributed by atoms with Gasteiger partial charge in [-0.1, -0.05) is 12.8 Å². The summed E-state index contributed by atoms with van der Waals surface area (Å²) in [6.07, 6.45) is 5.68. The average molecular weight is 438 g/mol. The van der Waals surface area contributed by atoms with Gasteiger partial charge in [-0.15, -0.1) is 24.0 Å². The summed E-state index contributed by atoms with van der Waals surface area (Å²) in [6, 6.07) is 0. The molecule has 0 amide bonds. The van der Waals surface area contributed by atoms with Gasteiger partial charge >= 0.3 is 0 Å². The summed E-state index contributed by atoms with van der Waals surface area (Å²) in [5, 5.41) is 3.48. The number of guanidine groups is 1. The summed E-state index contributed by atoms with van der Waals surface area (Å²) in [6.45, 7) is 9.11. The maximum Gasteiger partial charge on any atom is 0.193 e. The van der Waals surface area contributed by atoms with E-state index in [1.807, 2.05) is 0 Å². The molecule has 0 aromatic carbocycles. The molecule has 2 aliphatic rings. The zero-order valence-electron chi connectivity index (χ0n) is 15.1. The number of methoxy groups -OCH3 is 1. The van der Waals surface area contributed by atoms with Gasteiger partial charge in [0, 0.05) is 39.8 Å². The fraction of sp³-hybridized carbons (Fsp3) is 0.941. The van der Waals surface area contributed by atoms with Gasteiger partial charge in [0.25, 0.3) is 0 Å². The zero-order chi connectivity index (χ0) is 15.8. The lowest BCUT2D eigenvalue weighted by molar-refractivity contribution is 0.163. The largest absolute Gasteiger partial charge is 0.383 e. The Morgan fingerprint density at radius 1 is 1.22 bits per heavy atom. The number of likely N-dealkylation sites (N-methyl/N-ethyl adjacent to an activating group) is 1. The van der Waals surface area contributed by atoms with Crippen molar-refractivity contribution in [1.82, 2.24) is 15.1 Å². The van der Waals surface area contributed by atoms with Crippen molar-refractivity contribution < 1.29 is 4.74 Å². The van der Waals surface area contributed by atoms with Crippen LogP contribution in [-0.2, 0) is 4.74 Å². The van der Waals surface area contributed by atoms with E-state index in [0.29, 0.717) is 0 Å². The molecule has 2 rings (SSSR count). The van der Waals surface area contributed by atoms with Gasteiger partial charge in [0.1, 0.15) is 0 Å². The molecule has 1 saturated carbocycles. The predicted octanol–water partition coefficient (Wildman–Crippen LogP) is 2.27. The smallest absolute Gasteiger partial charge is 0.193 e. The molecule has 0 aromatic rings. The first kappa shape index (κ1) is 21.0. The van der Waals surface area contributed by atoms with E-state index in [9.17, 15) is 0 Å². The molecule has 1 saturated heterocycles. The predicted molar refractivity (Wildman–Crippen MR) is 108 cm³/mol. The van der Waals surface area contributed by atoms with Crippen LogP contribution in [0.1, 0.15) is 32.6 Å². The molecule has 1 aliphatic heterocycles. The SMILES string of the molecule is CCNC(=NCCN(C)CCOC)N1CC2CCCCC2C1.I. The number of fused-ring (bicyclic) bond motifs is 1. The highest BCUT2D eigenvalue weighted by Gasteiger charge is 2.35. The van der Waals surface area contributed by atoms with E-state index in [1.165, 1.54) is 38.8 Å². The van der Waals surface area contributed by atoms with Crippen LogP contribution in [0.25, 0.3) is 0 Å². The van der Waals surface area contributed by atoms with Crippen LogP contribution in [0.2, 0.25) is 0 Å². The summed E-state index contributed by atoms with van der Waals surface area (Å²) in [7, 11) is 3.88. The zero-order valence-corrected chi connectivity index (χ0v) is 17.4. The Kier molecular flexibility index (Phi) is 10.5. The maximum atomic E-state index is 5.12. The third-order valence-corrected chi connectivity index (χ3v) is 5.03. The van der Waals surface area contributed by atoms with E-state index in [1.54, 1.807) is 7.11 Å². The van der Waals surface area contributed by atoms with Crippen LogP contribution in [0.3, 0.4) is 0 Å². The number of rotatable bonds is 7. The minimum absolute atomic E-state index is 0. The Hall–Kier alpha value is -0.0800. The highest BCUT2D eigenvalue weighted by Crippen LogP contribution is 2.35. The van der Waals surface area contributed by atoms with Crippen molar-refractivity contribution in [2.75, 3.05) is 60.0 Å². The van der Waals surface area contributed by atoms with Crippen molar-refractivity contribution in [3.05, 3.63) is 0 Å². The van der Waals surface area contributed by atoms with Crippen molar-refractivity contribution in [2.24, 2.45) is 16.8 Å². The third kappa shape index (κ3) is 6.74. The summed E-state index contributed by atoms with van der Waals surface area (Å²) in [5.74, 6) is 2.93. The molecule has 1 heterocycles. The van der Waals surface area contributed by atoms with Crippen molar-refractivity contribution in [3.63, 3.8) is 0 Å². The van der Waals surface area contributed by atoms with Gasteiger partial charge in [0.05, 0.1) is 13.2 Å². The second kappa shape index (κ2) is 11.5. The van der Waals surface area contributed by atoms with E-state index < -0.39 is 0 Å². The van der Waals surface area contributed by atoms with Gasteiger partial charge < -0.3 is 19.9 Å². The van der Waals surface area contributed by atoms with E-state index >= 15 is 0 Å². The number of likely N-dealkylation sites (tertiary alicyclic amines) is 1. The molecule has 1 aliphatic carbocycles. The highest BCUT2D eigenvalue weighted by atomic mass is 127. The Labute approximate surface area is 159 Å². The van der Waals surface area contributed by atoms with Crippen LogP contribution < -0.4 is 5.32 Å². The fourth-order valence-corrected chi connectivity index (χ4v) is 3.69. The van der Waals surface area contributed by atoms with E-state index in [4.69, 9.17) is 9.73 Å². The van der Waals surface area contributed by atoms with Gasteiger partial charge in [0.2, 0.25) is 0 Å². The third-order valence-electron chi connectivity index (χ3n) is 5.03. The first-order chi connectivity index (χ1) is 10.7. The summed E-state index contributed by atoms with van der Waals surface area (Å²) < 4.78 is 5.12. The second-order valence-corrected chi connectivity index (χ2v) is 6.74. The number of halogens is 1. The van der Waals surface area contributed by atoms with E-state index in [2.05, 4.69) is 29.1 Å². The molecule has 0 aromatic heterocycles. The lowest BCUT2D eigenvalue weighted by atomic mass is 9.82. The van der Waals surface area contributed by atoms with Gasteiger partial charge in [-0.3, -0.25) is 4.99 Å². The van der Waals surface area contributed by atoms with Gasteiger partial charge in [0.15, 0.2) is 5.96 Å². The Balaban J connectivity index is 0.00000264. The quantitative estimate of drug-likeness (QED) is 0.376. The topological polar surface area (TPSA) is 40.1 Å². The lowest BCUT2D eigenvalue weighted by Crippen LogP contribution is -2.40. The molecule has 1 N–H and O–H groups in total. The van der Waals surface area contributed by atoms with E-state index in [0.717, 1.165) is 50.6 Å². The second-order valence-electron chi connectivity index (χ2n) is 6.74. The van der Waals surface area contributed by atoms with Crippen molar-refractivity contribution >= 4 is 29.9 Å². The fourth-order valence-electron chi connectivity index (χ4n) is 3.69. The number of hydrogen-bond acceptors (Lipinski definition) is 3. The first-order valence-electron chi connectivity index (χ1n) is 8.95. The molecule has 2 atom stereocenters. The molecule has 5 nitrogen and oxygen atoms in total. The minimum atomic E-state index is 0. The number of nitrogens with zero attached hydrogens (tertiary/aromatic N) is 3.